The van der Waals surface area contributed by atoms with Crippen LogP contribution in [0.15, 0.2) is 78.4 Å². The van der Waals surface area contributed by atoms with E-state index in [1.165, 1.54) is 7.11 Å². The van der Waals surface area contributed by atoms with Crippen LogP contribution in [-0.2, 0) is 36.7 Å². The van der Waals surface area contributed by atoms with Crippen molar-refractivity contribution >= 4 is 30.4 Å². The van der Waals surface area contributed by atoms with Crippen molar-refractivity contribution < 1.29 is 38.4 Å². The van der Waals surface area contributed by atoms with Crippen molar-refractivity contribution in [3.05, 3.63) is 90.1 Å². The maximum Gasteiger partial charge on any atom is 0.407 e. The number of fused-ring (bicyclic) bond motifs is 2. The highest BCUT2D eigenvalue weighted by atomic mass is 16.7. The van der Waals surface area contributed by atoms with Gasteiger partial charge >= 0.3 is 12.2 Å². The van der Waals surface area contributed by atoms with E-state index in [4.69, 9.17) is 18.9 Å². The Morgan fingerprint density at radius 3 is 2.48 bits per heavy atom. The quantitative estimate of drug-likeness (QED) is 0.155. The maximum absolute atomic E-state index is 13.8. The number of alkyl carbamates (subject to hydrolysis) is 2. The molecule has 13 heteroatoms. The van der Waals surface area contributed by atoms with Crippen LogP contribution in [0.4, 0.5) is 9.59 Å². The summed E-state index contributed by atoms with van der Waals surface area (Å²) >= 11 is 0. The first-order valence-electron chi connectivity index (χ1n) is 17.7. The predicted molar refractivity (Wildman–Crippen MR) is 196 cm³/mol. The maximum atomic E-state index is 13.8. The van der Waals surface area contributed by atoms with Crippen molar-refractivity contribution in [3.8, 4) is 0 Å². The van der Waals surface area contributed by atoms with E-state index >= 15 is 0 Å². The van der Waals surface area contributed by atoms with Gasteiger partial charge in [-0.25, -0.2) is 14.6 Å². The van der Waals surface area contributed by atoms with E-state index in [0.29, 0.717) is 18.9 Å². The summed E-state index contributed by atoms with van der Waals surface area (Å²) in [5, 5.41) is 19.0. The van der Waals surface area contributed by atoms with Gasteiger partial charge in [-0.15, -0.1) is 0 Å². The molecule has 4 N–H and O–H groups in total. The van der Waals surface area contributed by atoms with Crippen molar-refractivity contribution in [2.24, 2.45) is 22.2 Å². The van der Waals surface area contributed by atoms with E-state index < -0.39 is 47.8 Å². The topological polar surface area (TPSA) is 160 Å². The number of nitrogens with zero attached hydrogens (tertiary/aromatic N) is 2. The van der Waals surface area contributed by atoms with E-state index in [2.05, 4.69) is 27.6 Å². The summed E-state index contributed by atoms with van der Waals surface area (Å²) in [7, 11) is 1.23. The molecule has 2 aliphatic heterocycles. The molecular weight excluding hydrogens is 666 g/mol. The molecule has 0 aromatic heterocycles. The number of benzene rings is 2. The number of hydrogen-bond donors (Lipinski definition) is 4. The number of methoxy groups -OCH3 is 1. The van der Waals surface area contributed by atoms with E-state index in [1.807, 2.05) is 81.4 Å². The fraction of sp³-hybridized carbons (Fsp3) is 0.487. The van der Waals surface area contributed by atoms with Gasteiger partial charge in [-0.05, 0) is 47.4 Å². The van der Waals surface area contributed by atoms with Gasteiger partial charge in [-0.2, -0.15) is 0 Å². The van der Waals surface area contributed by atoms with Crippen molar-refractivity contribution in [2.75, 3.05) is 20.3 Å². The smallest absolute Gasteiger partial charge is 0.407 e. The number of carbonyl (C=O) groups excluding carboxylic acids is 3. The van der Waals surface area contributed by atoms with E-state index in [0.717, 1.165) is 29.5 Å². The number of carbonyl (C=O) groups is 3. The Bertz CT molecular complexity index is 1570. The van der Waals surface area contributed by atoms with Crippen LogP contribution in [0.2, 0.25) is 0 Å². The molecule has 2 saturated heterocycles. The van der Waals surface area contributed by atoms with Gasteiger partial charge in [0.05, 0.1) is 32.0 Å². The van der Waals surface area contributed by atoms with Gasteiger partial charge in [0.15, 0.2) is 6.29 Å². The van der Waals surface area contributed by atoms with Crippen molar-refractivity contribution in [3.63, 3.8) is 0 Å². The molecule has 2 aromatic rings. The summed E-state index contributed by atoms with van der Waals surface area (Å²) in [6.45, 7) is 9.68. The first-order chi connectivity index (χ1) is 24.9. The number of aliphatic hydroxyl groups is 1. The number of aliphatic imine (C=N–C) groups is 1. The number of nitrogens with one attached hydrogen (secondary N) is 3. The van der Waals surface area contributed by atoms with Crippen LogP contribution >= 0.6 is 0 Å². The Kier molecular flexibility index (Phi) is 13.2. The van der Waals surface area contributed by atoms with Crippen LogP contribution in [0, 0.1) is 17.3 Å². The molecule has 2 aromatic carbocycles. The lowest BCUT2D eigenvalue weighted by atomic mass is 9.78. The number of aliphatic hydroxyl groups excluding tert-OH is 1. The Hall–Kier alpha value is -4.56. The van der Waals surface area contributed by atoms with Crippen molar-refractivity contribution in [1.82, 2.24) is 21.1 Å². The van der Waals surface area contributed by atoms with Gasteiger partial charge in [0.25, 0.3) is 5.91 Å². The van der Waals surface area contributed by atoms with Gasteiger partial charge in [-0.3, -0.25) is 15.2 Å². The van der Waals surface area contributed by atoms with Gasteiger partial charge < -0.3 is 34.7 Å². The molecule has 3 fully saturated rings. The molecule has 0 radical (unpaired) electrons. The molecule has 5 unspecified atom stereocenters. The number of ether oxygens (including phenoxy) is 4. The monoisotopic (exact) mass is 717 g/mol. The Balaban J connectivity index is 1.34. The summed E-state index contributed by atoms with van der Waals surface area (Å²) < 4.78 is 22.6. The van der Waals surface area contributed by atoms with Crippen LogP contribution in [-0.4, -0.2) is 91.4 Å². The van der Waals surface area contributed by atoms with E-state index in [9.17, 15) is 19.5 Å². The molecule has 3 bridgehead atoms. The molecule has 8 atom stereocenters. The third-order valence-corrected chi connectivity index (χ3v) is 9.60. The van der Waals surface area contributed by atoms with Gasteiger partial charge in [0, 0.05) is 37.3 Å². The normalized spacial score (nSPS) is 24.0. The minimum absolute atomic E-state index is 0.0487. The third kappa shape index (κ3) is 10.5. The number of hydrogen-bond acceptors (Lipinski definition) is 10. The lowest BCUT2D eigenvalue weighted by Gasteiger charge is -2.37. The first-order valence-corrected chi connectivity index (χ1v) is 17.7. The molecule has 1 aliphatic carbocycles. The van der Waals surface area contributed by atoms with Gasteiger partial charge in [0.2, 0.25) is 0 Å². The zero-order valence-corrected chi connectivity index (χ0v) is 30.3. The largest absolute Gasteiger partial charge is 0.453 e. The molecule has 2 heterocycles. The highest BCUT2D eigenvalue weighted by Crippen LogP contribution is 2.46. The molecular formula is C39H51N5O8. The van der Waals surface area contributed by atoms with Crippen molar-refractivity contribution in [1.29, 1.82) is 0 Å². The molecule has 52 heavy (non-hydrogen) atoms. The van der Waals surface area contributed by atoms with Crippen LogP contribution in [0.25, 0.3) is 6.08 Å². The second kappa shape index (κ2) is 17.8. The number of allylic oxidation sites excluding steroid dienone is 1. The zero-order chi connectivity index (χ0) is 37.3. The average Bonchev–Trinajstić information content (AvgIpc) is 3.41. The summed E-state index contributed by atoms with van der Waals surface area (Å²) in [5.41, 5.74) is 4.88. The molecule has 0 spiro atoms. The van der Waals surface area contributed by atoms with E-state index in [1.54, 1.807) is 23.5 Å². The fourth-order valence-corrected chi connectivity index (χ4v) is 6.95. The third-order valence-electron chi connectivity index (χ3n) is 9.60. The lowest BCUT2D eigenvalue weighted by molar-refractivity contribution is -0.153. The second-order valence-electron chi connectivity index (χ2n) is 14.6. The Morgan fingerprint density at radius 1 is 1.04 bits per heavy atom. The second-order valence-corrected chi connectivity index (χ2v) is 14.6. The predicted octanol–water partition coefficient (Wildman–Crippen LogP) is 4.37. The van der Waals surface area contributed by atoms with Crippen LogP contribution in [0.5, 0.6) is 0 Å². The molecule has 3 amide bonds. The number of rotatable bonds is 15. The Labute approximate surface area is 305 Å². The highest BCUT2D eigenvalue weighted by Gasteiger charge is 2.53. The number of hydrazine groups is 1. The average molecular weight is 718 g/mol. The van der Waals surface area contributed by atoms with Crippen LogP contribution < -0.4 is 16.1 Å². The lowest BCUT2D eigenvalue weighted by Crippen LogP contribution is -2.59. The minimum atomic E-state index is -1.17. The molecule has 5 rings (SSSR count). The van der Waals surface area contributed by atoms with E-state index in [-0.39, 0.29) is 31.4 Å². The SMILES string of the molecule is C=C/C=N\C=C\c1ccc(CN(C[C@H](O)[C@H](Cc2ccccc2)NC(=O)OC2C3COC4OC2CC4C3)NC(=O)[C@@H](NC(=O)OC)C(C)(C)C)cc1. The standard InChI is InChI=1S/C39H51N5O8/c1-6-17-40-18-16-25-12-14-27(15-13-25)22-44(43-35(46)34(39(2,3)4)42-37(47)49-5)23-31(45)30(19-26-10-8-7-9-11-26)41-38(48)52-33-29-20-28-21-32(33)51-36(28)50-24-29/h6-18,28-34,36,45H,1,19-24H2,2-5H3,(H,41,48)(H,42,47)(H,43,46)/b18-16+,40-17-/t28?,29?,30-,31-,32?,33?,34+,36?/m0/s1. The highest BCUT2D eigenvalue weighted by molar-refractivity contribution is 5.86. The van der Waals surface area contributed by atoms with Gasteiger partial charge in [-0.1, -0.05) is 88.0 Å². The van der Waals surface area contributed by atoms with Gasteiger partial charge in [0.1, 0.15) is 12.1 Å². The fourth-order valence-electron chi connectivity index (χ4n) is 6.95. The summed E-state index contributed by atoms with van der Waals surface area (Å²) in [5.74, 6) is -0.126. The minimum Gasteiger partial charge on any atom is -0.453 e. The first kappa shape index (κ1) is 38.7. The zero-order valence-electron chi connectivity index (χ0n) is 30.3. The summed E-state index contributed by atoms with van der Waals surface area (Å²) in [6.07, 6.45) is 5.16. The summed E-state index contributed by atoms with van der Waals surface area (Å²) in [6, 6.07) is 15.4. The summed E-state index contributed by atoms with van der Waals surface area (Å²) in [4.78, 5) is 43.6. The van der Waals surface area contributed by atoms with Crippen molar-refractivity contribution in [2.45, 2.75) is 83.3 Å². The Morgan fingerprint density at radius 2 is 1.79 bits per heavy atom. The number of amides is 3. The molecule has 13 nitrogen and oxygen atoms in total. The molecule has 3 aliphatic rings. The van der Waals surface area contributed by atoms with Crippen LogP contribution in [0.3, 0.4) is 0 Å². The van der Waals surface area contributed by atoms with Crippen LogP contribution in [0.1, 0.15) is 50.3 Å². The molecule has 280 valence electrons. The molecule has 1 saturated carbocycles.